The number of nitrogens with zero attached hydrogens (tertiary/aromatic N) is 5. The van der Waals surface area contributed by atoms with Crippen LogP contribution in [0.25, 0.3) is 33.2 Å². The van der Waals surface area contributed by atoms with Crippen LogP contribution in [0.5, 0.6) is 0 Å². The molecule has 1 fully saturated rings. The van der Waals surface area contributed by atoms with Crippen molar-refractivity contribution in [2.75, 3.05) is 13.1 Å². The monoisotopic (exact) mass is 530 g/mol. The summed E-state index contributed by atoms with van der Waals surface area (Å²) in [4.78, 5) is 23.0. The van der Waals surface area contributed by atoms with Crippen LogP contribution in [0, 0.1) is 0 Å². The topological polar surface area (TPSA) is 119 Å². The zero-order chi connectivity index (χ0) is 26.6. The smallest absolute Gasteiger partial charge is 0.252 e. The zero-order valence-corrected chi connectivity index (χ0v) is 23.0. The molecular formula is C28H34N8OS. The lowest BCUT2D eigenvalue weighted by molar-refractivity contribution is -0.121. The molecule has 4 aromatic rings. The minimum Gasteiger partial charge on any atom is -0.367 e. The van der Waals surface area contributed by atoms with Crippen molar-refractivity contribution in [2.45, 2.75) is 63.9 Å². The normalized spacial score (nSPS) is 19.4. The number of aromatic amines is 2. The van der Waals surface area contributed by atoms with Crippen LogP contribution >= 0.6 is 11.8 Å². The molecule has 4 N–H and O–H groups in total. The number of carbonyl (C=O) groups is 1. The summed E-state index contributed by atoms with van der Waals surface area (Å²) < 4.78 is 0. The maximum atomic E-state index is 12.5. The number of benzene rings is 1. The number of thioether (sulfide) groups is 1. The second-order valence-corrected chi connectivity index (χ2v) is 11.9. The van der Waals surface area contributed by atoms with Crippen molar-refractivity contribution in [2.24, 2.45) is 10.8 Å². The van der Waals surface area contributed by atoms with Crippen LogP contribution in [-0.2, 0) is 4.79 Å². The molecule has 9 nitrogen and oxygen atoms in total. The molecule has 0 bridgehead atoms. The Kier molecular flexibility index (Phi) is 6.39. The van der Waals surface area contributed by atoms with Crippen molar-refractivity contribution in [1.82, 2.24) is 30.1 Å². The van der Waals surface area contributed by atoms with E-state index < -0.39 is 5.37 Å². The van der Waals surface area contributed by atoms with Gasteiger partial charge >= 0.3 is 0 Å². The molecule has 0 radical (unpaired) electrons. The number of hydrazone groups is 1. The molecule has 2 aliphatic rings. The highest BCUT2D eigenvalue weighted by atomic mass is 32.2. The fourth-order valence-corrected chi connectivity index (χ4v) is 6.88. The van der Waals surface area contributed by atoms with Crippen molar-refractivity contribution in [3.05, 3.63) is 47.8 Å². The van der Waals surface area contributed by atoms with Crippen LogP contribution in [0.4, 0.5) is 0 Å². The van der Waals surface area contributed by atoms with Gasteiger partial charge in [-0.05, 0) is 56.4 Å². The van der Waals surface area contributed by atoms with Gasteiger partial charge in [0.1, 0.15) is 5.04 Å². The van der Waals surface area contributed by atoms with Gasteiger partial charge in [0.25, 0.3) is 5.91 Å². The standard InChI is InChI=1S/C28H34N8OS/c1-15(2)23-20-13-17(5-6-22(20)32-24(23)19-7-10-30-26-21(19)14-31-33-26)27-34-36(28(38-27)25(29)37)18-8-11-35(12-9-18)16(3)4/h5-7,10,13-16,18,28,32H,8-9,11-12H2,1-4H3,(H2,29,37)(H,30,31,33). The van der Waals surface area contributed by atoms with Gasteiger partial charge in [0, 0.05) is 52.7 Å². The Balaban J connectivity index is 1.38. The molecule has 5 heterocycles. The molecule has 0 spiro atoms. The molecule has 3 aromatic heterocycles. The summed E-state index contributed by atoms with van der Waals surface area (Å²) in [7, 11) is 0. The van der Waals surface area contributed by atoms with E-state index in [-0.39, 0.29) is 17.9 Å². The lowest BCUT2D eigenvalue weighted by Gasteiger charge is -2.38. The van der Waals surface area contributed by atoms with E-state index >= 15 is 0 Å². The van der Waals surface area contributed by atoms with E-state index in [2.05, 4.69) is 71.0 Å². The molecule has 0 saturated carbocycles. The second-order valence-electron chi connectivity index (χ2n) is 10.8. The van der Waals surface area contributed by atoms with E-state index in [0.717, 1.165) is 69.7 Å². The number of nitrogens with one attached hydrogen (secondary N) is 2. The molecule has 0 aliphatic carbocycles. The molecule has 6 rings (SSSR count). The molecule has 1 saturated heterocycles. The quantitative estimate of drug-likeness (QED) is 0.335. The van der Waals surface area contributed by atoms with Crippen LogP contribution in [0.15, 0.2) is 41.8 Å². The maximum Gasteiger partial charge on any atom is 0.252 e. The van der Waals surface area contributed by atoms with Gasteiger partial charge in [0.05, 0.1) is 17.9 Å². The van der Waals surface area contributed by atoms with Gasteiger partial charge in [-0.25, -0.2) is 4.98 Å². The fourth-order valence-electron chi connectivity index (χ4n) is 5.82. The lowest BCUT2D eigenvalue weighted by atomic mass is 9.95. The molecule has 38 heavy (non-hydrogen) atoms. The van der Waals surface area contributed by atoms with Crippen molar-refractivity contribution in [3.63, 3.8) is 0 Å². The van der Waals surface area contributed by atoms with Crippen molar-refractivity contribution in [3.8, 4) is 11.3 Å². The summed E-state index contributed by atoms with van der Waals surface area (Å²) in [5.41, 5.74) is 12.1. The van der Waals surface area contributed by atoms with E-state index in [4.69, 9.17) is 10.8 Å². The SMILES string of the molecule is CC(C)c1c(-c2ccnc3[nH]ncc23)[nH]c2ccc(C3=NN(C4CCN(C(C)C)CC4)C(C(N)=O)S3)cc12. The minimum absolute atomic E-state index is 0.213. The molecule has 198 valence electrons. The predicted octanol–water partition coefficient (Wildman–Crippen LogP) is 4.62. The summed E-state index contributed by atoms with van der Waals surface area (Å²) in [6.45, 7) is 10.9. The Labute approximate surface area is 226 Å². The number of fused-ring (bicyclic) bond motifs is 2. The number of rotatable bonds is 6. The van der Waals surface area contributed by atoms with Crippen LogP contribution in [-0.4, -0.2) is 71.6 Å². The third kappa shape index (κ3) is 4.25. The number of aromatic nitrogens is 4. The highest BCUT2D eigenvalue weighted by Gasteiger charge is 2.38. The average molecular weight is 531 g/mol. The molecular weight excluding hydrogens is 496 g/mol. The number of carbonyl (C=O) groups excluding carboxylic acids is 1. The average Bonchev–Trinajstić information content (AvgIpc) is 3.64. The fraction of sp³-hybridized carbons (Fsp3) is 0.429. The largest absolute Gasteiger partial charge is 0.367 e. The lowest BCUT2D eigenvalue weighted by Crippen LogP contribution is -2.49. The third-order valence-electron chi connectivity index (χ3n) is 7.80. The summed E-state index contributed by atoms with van der Waals surface area (Å²) >= 11 is 1.47. The van der Waals surface area contributed by atoms with Gasteiger partial charge < -0.3 is 15.6 Å². The highest BCUT2D eigenvalue weighted by molar-refractivity contribution is 8.15. The van der Waals surface area contributed by atoms with Gasteiger partial charge in [0.2, 0.25) is 0 Å². The Morgan fingerprint density at radius 1 is 1.13 bits per heavy atom. The second kappa shape index (κ2) is 9.74. The summed E-state index contributed by atoms with van der Waals surface area (Å²) in [5, 5.41) is 16.7. The van der Waals surface area contributed by atoms with Crippen molar-refractivity contribution in [1.29, 1.82) is 0 Å². The number of H-pyrrole nitrogens is 2. The number of likely N-dealkylation sites (tertiary alicyclic amines) is 1. The maximum absolute atomic E-state index is 12.5. The predicted molar refractivity (Wildman–Crippen MR) is 154 cm³/mol. The van der Waals surface area contributed by atoms with E-state index in [1.807, 2.05) is 23.5 Å². The van der Waals surface area contributed by atoms with Gasteiger partial charge in [-0.1, -0.05) is 31.7 Å². The van der Waals surface area contributed by atoms with Crippen LogP contribution in [0.2, 0.25) is 0 Å². The molecule has 1 atom stereocenters. The molecule has 1 amide bonds. The number of nitrogens with two attached hydrogens (primary N) is 1. The molecule has 10 heteroatoms. The van der Waals surface area contributed by atoms with E-state index in [0.29, 0.717) is 6.04 Å². The number of hydrogen-bond acceptors (Lipinski definition) is 7. The van der Waals surface area contributed by atoms with Crippen LogP contribution in [0.3, 0.4) is 0 Å². The van der Waals surface area contributed by atoms with Gasteiger partial charge in [0.15, 0.2) is 11.0 Å². The summed E-state index contributed by atoms with van der Waals surface area (Å²) in [6.07, 6.45) is 5.59. The van der Waals surface area contributed by atoms with Crippen LogP contribution < -0.4 is 5.73 Å². The van der Waals surface area contributed by atoms with Gasteiger partial charge in [-0.2, -0.15) is 10.2 Å². The Bertz CT molecular complexity index is 1530. The van der Waals surface area contributed by atoms with Crippen LogP contribution in [0.1, 0.15) is 57.6 Å². The summed E-state index contributed by atoms with van der Waals surface area (Å²) in [5.74, 6) is -0.0574. The van der Waals surface area contributed by atoms with E-state index in [1.54, 1.807) is 0 Å². The Morgan fingerprint density at radius 2 is 1.92 bits per heavy atom. The number of hydrogen-bond donors (Lipinski definition) is 3. The first-order chi connectivity index (χ1) is 18.3. The Morgan fingerprint density at radius 3 is 2.63 bits per heavy atom. The van der Waals surface area contributed by atoms with E-state index in [9.17, 15) is 4.79 Å². The first-order valence-corrected chi connectivity index (χ1v) is 14.2. The minimum atomic E-state index is -0.478. The van der Waals surface area contributed by atoms with E-state index in [1.165, 1.54) is 17.3 Å². The molecule has 1 unspecified atom stereocenters. The number of primary amides is 1. The first-order valence-electron chi connectivity index (χ1n) is 13.3. The number of piperidine rings is 1. The Hall–Kier alpha value is -3.37. The van der Waals surface area contributed by atoms with Gasteiger partial charge in [-0.15, -0.1) is 0 Å². The zero-order valence-electron chi connectivity index (χ0n) is 22.2. The first kappa shape index (κ1) is 24.9. The van der Waals surface area contributed by atoms with Crippen molar-refractivity contribution >= 4 is 44.6 Å². The highest BCUT2D eigenvalue weighted by Crippen LogP contribution is 2.40. The molecule has 2 aliphatic heterocycles. The number of pyridine rings is 1. The molecule has 1 aromatic carbocycles. The summed E-state index contributed by atoms with van der Waals surface area (Å²) in [6, 6.07) is 9.17. The van der Waals surface area contributed by atoms with Gasteiger partial charge in [-0.3, -0.25) is 14.9 Å². The third-order valence-corrected chi connectivity index (χ3v) is 9.02. The van der Waals surface area contributed by atoms with Crippen molar-refractivity contribution < 1.29 is 4.79 Å². The number of amides is 1.